The molecule has 2 aromatic carbocycles. The Kier molecular flexibility index (Phi) is 16.0. The van der Waals surface area contributed by atoms with Gasteiger partial charge in [0.2, 0.25) is 0 Å². The Hall–Kier alpha value is -1.75. The van der Waals surface area contributed by atoms with Gasteiger partial charge in [-0.15, -0.1) is 0 Å². The van der Waals surface area contributed by atoms with Crippen LogP contribution in [0, 0.1) is 12.8 Å². The number of thioether (sulfide) groups is 1. The molecule has 1 unspecified atom stereocenters. The van der Waals surface area contributed by atoms with Gasteiger partial charge in [-0.25, -0.2) is 4.79 Å². The van der Waals surface area contributed by atoms with Crippen LogP contribution < -0.4 is 5.32 Å². The Morgan fingerprint density at radius 1 is 1.10 bits per heavy atom. The first kappa shape index (κ1) is 34.4. The molecule has 0 heterocycles. The van der Waals surface area contributed by atoms with Gasteiger partial charge in [-0.05, 0) is 78.5 Å². The number of hydrogen-bond donors (Lipinski definition) is 2. The summed E-state index contributed by atoms with van der Waals surface area (Å²) in [7, 11) is 0. The van der Waals surface area contributed by atoms with Gasteiger partial charge in [-0.1, -0.05) is 69.4 Å². The van der Waals surface area contributed by atoms with Crippen LogP contribution >= 0.6 is 11.8 Å². The average Bonchev–Trinajstić information content (AvgIpc) is 2.94. The number of hydrogen-bond acceptors (Lipinski definition) is 5. The molecule has 40 heavy (non-hydrogen) atoms. The van der Waals surface area contributed by atoms with Crippen LogP contribution in [-0.4, -0.2) is 73.2 Å². The summed E-state index contributed by atoms with van der Waals surface area (Å²) in [5.74, 6) is -0.0512. The fraction of sp³-hybridized carbons (Fsp3) is 0.562. The van der Waals surface area contributed by atoms with E-state index in [1.54, 1.807) is 17.8 Å². The van der Waals surface area contributed by atoms with Crippen molar-refractivity contribution in [2.24, 2.45) is 5.92 Å². The summed E-state index contributed by atoms with van der Waals surface area (Å²) < 4.78 is 12.3. The molecule has 0 bridgehead atoms. The third-order valence-corrected chi connectivity index (χ3v) is 8.08. The summed E-state index contributed by atoms with van der Waals surface area (Å²) >= 11 is 1.56. The number of benzene rings is 2. The van der Waals surface area contributed by atoms with Crippen LogP contribution in [-0.2, 0) is 20.9 Å². The molecule has 1 aliphatic carbocycles. The van der Waals surface area contributed by atoms with E-state index in [0.717, 1.165) is 41.7 Å². The number of ether oxygens (including phenoxy) is 2. The predicted octanol–water partition coefficient (Wildman–Crippen LogP) is 6.23. The van der Waals surface area contributed by atoms with Gasteiger partial charge < -0.3 is 19.9 Å². The second-order valence-electron chi connectivity index (χ2n) is 10.6. The third-order valence-electron chi connectivity index (χ3n) is 7.44. The molecule has 1 saturated carbocycles. The van der Waals surface area contributed by atoms with Gasteiger partial charge in [-0.2, -0.15) is 11.8 Å². The maximum atomic E-state index is 13.3. The van der Waals surface area contributed by atoms with Crippen molar-refractivity contribution in [3.63, 3.8) is 0 Å². The summed E-state index contributed by atoms with van der Waals surface area (Å²) in [6.45, 7) is 5.90. The number of carbonyl (C=O) groups is 2. The van der Waals surface area contributed by atoms with E-state index in [1.807, 2.05) is 49.6 Å². The molecule has 2 aromatic rings. The zero-order chi connectivity index (χ0) is 28.0. The first-order valence-electron chi connectivity index (χ1n) is 14.3. The van der Waals surface area contributed by atoms with Crippen LogP contribution in [0.5, 0.6) is 0 Å². The first-order valence-corrected chi connectivity index (χ1v) is 15.7. The normalized spacial score (nSPS) is 15.2. The summed E-state index contributed by atoms with van der Waals surface area (Å²) in [5.41, 5.74) is 4.22. The molecule has 2 N–H and O–H groups in total. The van der Waals surface area contributed by atoms with Gasteiger partial charge in [-0.3, -0.25) is 4.79 Å². The monoisotopic (exact) mass is 563 g/mol. The van der Waals surface area contributed by atoms with E-state index in [-0.39, 0.29) is 30.9 Å². The summed E-state index contributed by atoms with van der Waals surface area (Å²) in [5, 5.41) is 12.4. The number of nitrogens with one attached hydrogen (secondary N) is 1. The Labute approximate surface area is 256 Å². The van der Waals surface area contributed by atoms with Crippen molar-refractivity contribution in [2.75, 3.05) is 25.2 Å². The van der Waals surface area contributed by atoms with Gasteiger partial charge in [0.1, 0.15) is 6.04 Å². The van der Waals surface area contributed by atoms with Crippen LogP contribution in [0.4, 0.5) is 0 Å². The molecule has 0 spiro atoms. The molecule has 1 amide bonds. The van der Waals surface area contributed by atoms with Crippen molar-refractivity contribution in [3.05, 3.63) is 59.2 Å². The molecule has 6 nitrogen and oxygen atoms in total. The molecule has 216 valence electrons. The number of carbonyl (C=O) groups excluding carboxylic acids is 1. The van der Waals surface area contributed by atoms with E-state index in [9.17, 15) is 14.7 Å². The van der Waals surface area contributed by atoms with Crippen molar-refractivity contribution in [1.29, 1.82) is 0 Å². The number of aliphatic carboxylic acids is 1. The predicted molar refractivity (Wildman–Crippen MR) is 167 cm³/mol. The van der Waals surface area contributed by atoms with Crippen molar-refractivity contribution >= 4 is 42.5 Å². The van der Waals surface area contributed by atoms with E-state index in [0.29, 0.717) is 36.9 Å². The SMILES string of the molecule is CCCOCC(CC1CCCCC1)OCc1ccc(C(=O)N[C@@H](CCSC)C(=O)O)c(-c2ccccc2C)c1.[LiH]. The zero-order valence-electron chi connectivity index (χ0n) is 23.7. The van der Waals surface area contributed by atoms with E-state index < -0.39 is 12.0 Å². The number of aryl methyl sites for hydroxylation is 1. The fourth-order valence-corrected chi connectivity index (χ4v) is 5.73. The van der Waals surface area contributed by atoms with E-state index in [1.165, 1.54) is 32.1 Å². The van der Waals surface area contributed by atoms with Crippen molar-refractivity contribution in [2.45, 2.75) is 84.0 Å². The van der Waals surface area contributed by atoms with E-state index >= 15 is 0 Å². The van der Waals surface area contributed by atoms with Gasteiger partial charge >= 0.3 is 24.8 Å². The molecule has 2 atom stereocenters. The second-order valence-corrected chi connectivity index (χ2v) is 11.6. The third kappa shape index (κ3) is 10.9. The molecule has 1 fully saturated rings. The molecule has 0 aromatic heterocycles. The standard InChI is InChI=1S/C32H45NO5S.Li.H/c1-4-17-37-22-26(19-24-11-6-5-7-12-24)38-21-25-14-15-28(29(20-25)27-13-9-8-10-23(27)2)31(34)33-30(32(35)36)16-18-39-3;;/h8-10,13-15,20,24,26,30H,4-7,11-12,16-19,21-22H2,1-3H3,(H,33,34)(H,35,36);;/t26?,30-;;/m0../s1. The minimum absolute atomic E-state index is 0. The van der Waals surface area contributed by atoms with Gasteiger partial charge in [0, 0.05) is 12.2 Å². The van der Waals surface area contributed by atoms with Crippen molar-refractivity contribution in [3.8, 4) is 11.1 Å². The Morgan fingerprint density at radius 2 is 1.85 bits per heavy atom. The average molecular weight is 564 g/mol. The molecule has 1 aliphatic rings. The summed E-state index contributed by atoms with van der Waals surface area (Å²) in [4.78, 5) is 25.1. The van der Waals surface area contributed by atoms with Gasteiger partial charge in [0.15, 0.2) is 0 Å². The topological polar surface area (TPSA) is 84.9 Å². The molecule has 0 radical (unpaired) electrons. The van der Waals surface area contributed by atoms with Crippen LogP contribution in [0.25, 0.3) is 11.1 Å². The summed E-state index contributed by atoms with van der Waals surface area (Å²) in [6.07, 6.45) is 10.8. The van der Waals surface area contributed by atoms with Crippen LogP contribution in [0.2, 0.25) is 0 Å². The quantitative estimate of drug-likeness (QED) is 0.186. The van der Waals surface area contributed by atoms with Crippen molar-refractivity contribution in [1.82, 2.24) is 5.32 Å². The van der Waals surface area contributed by atoms with Gasteiger partial charge in [0.05, 0.1) is 19.3 Å². The molecular formula is C32H46LiNO5S. The Bertz CT molecular complexity index is 1060. The number of rotatable bonds is 16. The molecule has 8 heteroatoms. The first-order chi connectivity index (χ1) is 18.9. The Morgan fingerprint density at radius 3 is 2.52 bits per heavy atom. The minimum atomic E-state index is -1.02. The summed E-state index contributed by atoms with van der Waals surface area (Å²) in [6, 6.07) is 12.7. The number of carboxylic acid groups (broad SMARTS) is 1. The van der Waals surface area contributed by atoms with Crippen LogP contribution in [0.3, 0.4) is 0 Å². The van der Waals surface area contributed by atoms with Crippen LogP contribution in [0.1, 0.15) is 79.8 Å². The zero-order valence-corrected chi connectivity index (χ0v) is 24.6. The number of amides is 1. The molecule has 0 saturated heterocycles. The van der Waals surface area contributed by atoms with Crippen molar-refractivity contribution < 1.29 is 24.2 Å². The fourth-order valence-electron chi connectivity index (χ4n) is 5.26. The molecule has 0 aliphatic heterocycles. The number of carboxylic acids is 1. The van der Waals surface area contributed by atoms with Gasteiger partial charge in [0.25, 0.3) is 5.91 Å². The Balaban J connectivity index is 0.00000560. The molecule has 3 rings (SSSR count). The molecular weight excluding hydrogens is 517 g/mol. The van der Waals surface area contributed by atoms with Crippen LogP contribution in [0.15, 0.2) is 42.5 Å². The second kappa shape index (κ2) is 18.6. The maximum absolute atomic E-state index is 13.3. The van der Waals surface area contributed by atoms with E-state index in [2.05, 4.69) is 12.2 Å². The van der Waals surface area contributed by atoms with E-state index in [4.69, 9.17) is 9.47 Å².